The van der Waals surface area contributed by atoms with Gasteiger partial charge in [0.25, 0.3) is 0 Å². The maximum atomic E-state index is 11.7. The Kier molecular flexibility index (Phi) is 5.91. The molecule has 1 saturated heterocycles. The fourth-order valence-corrected chi connectivity index (χ4v) is 4.67. The first-order valence-electron chi connectivity index (χ1n) is 11.4. The number of amides is 1. The number of hydrogen-bond donors (Lipinski definition) is 1. The van der Waals surface area contributed by atoms with Crippen LogP contribution in [0.25, 0.3) is 16.7 Å². The molecule has 0 unspecified atom stereocenters. The predicted octanol–water partition coefficient (Wildman–Crippen LogP) is 4.14. The molecule has 3 aromatic heterocycles. The highest BCUT2D eigenvalue weighted by atomic mass is 35.5. The minimum absolute atomic E-state index is 0.125. The van der Waals surface area contributed by atoms with Crippen LogP contribution in [0.2, 0.25) is 5.02 Å². The first-order chi connectivity index (χ1) is 16.4. The van der Waals surface area contributed by atoms with E-state index in [1.54, 1.807) is 0 Å². The van der Waals surface area contributed by atoms with Gasteiger partial charge in [-0.1, -0.05) is 30.7 Å². The van der Waals surface area contributed by atoms with E-state index in [9.17, 15) is 4.79 Å². The largest absolute Gasteiger partial charge is 0.338 e. The third-order valence-corrected chi connectivity index (χ3v) is 6.50. The summed E-state index contributed by atoms with van der Waals surface area (Å²) in [5, 5.41) is 18.0. The zero-order chi connectivity index (χ0) is 23.8. The van der Waals surface area contributed by atoms with Crippen molar-refractivity contribution in [1.29, 1.82) is 5.41 Å². The number of carbonyl (C=O) groups is 1. The van der Waals surface area contributed by atoms with Gasteiger partial charge in [-0.05, 0) is 42.8 Å². The van der Waals surface area contributed by atoms with Gasteiger partial charge < -0.3 is 14.9 Å². The monoisotopic (exact) mass is 475 g/mol. The lowest BCUT2D eigenvalue weighted by Gasteiger charge is -2.36. The van der Waals surface area contributed by atoms with Crippen LogP contribution in [0, 0.1) is 12.3 Å². The van der Waals surface area contributed by atoms with Gasteiger partial charge in [0.2, 0.25) is 5.91 Å². The van der Waals surface area contributed by atoms with Crippen LogP contribution in [-0.4, -0.2) is 61.0 Å². The molecule has 4 aromatic rings. The lowest BCUT2D eigenvalue weighted by atomic mass is 10.1. The molecule has 1 fully saturated rings. The summed E-state index contributed by atoms with van der Waals surface area (Å²) in [6.07, 6.45) is 2.74. The Morgan fingerprint density at radius 1 is 1.21 bits per heavy atom. The second-order valence-electron chi connectivity index (χ2n) is 8.61. The van der Waals surface area contributed by atoms with E-state index in [0.29, 0.717) is 43.2 Å². The number of fused-ring (bicyclic) bond motifs is 3. The van der Waals surface area contributed by atoms with E-state index in [1.807, 2.05) is 71.8 Å². The van der Waals surface area contributed by atoms with E-state index >= 15 is 0 Å². The number of carbonyl (C=O) groups excluding carboxylic acids is 1. The fraction of sp³-hybridized carbons (Fsp3) is 0.320. The van der Waals surface area contributed by atoms with Gasteiger partial charge in [0.15, 0.2) is 5.65 Å². The molecule has 9 heteroatoms. The van der Waals surface area contributed by atoms with E-state index in [4.69, 9.17) is 17.0 Å². The van der Waals surface area contributed by atoms with Crippen LogP contribution >= 0.6 is 11.6 Å². The summed E-state index contributed by atoms with van der Waals surface area (Å²) in [5.41, 5.74) is 5.09. The predicted molar refractivity (Wildman–Crippen MR) is 134 cm³/mol. The van der Waals surface area contributed by atoms with Gasteiger partial charge in [-0.2, -0.15) is 0 Å². The molecule has 5 rings (SSSR count). The zero-order valence-electron chi connectivity index (χ0n) is 19.2. The minimum Gasteiger partial charge on any atom is -0.338 e. The number of nitrogens with one attached hydrogen (secondary N) is 1. The fourth-order valence-electron chi connectivity index (χ4n) is 4.45. The maximum absolute atomic E-state index is 11.7. The Balaban J connectivity index is 1.45. The summed E-state index contributed by atoms with van der Waals surface area (Å²) in [4.78, 5) is 18.1. The number of rotatable bonds is 7. The van der Waals surface area contributed by atoms with E-state index in [2.05, 4.69) is 19.8 Å². The molecule has 1 aromatic carbocycles. The van der Waals surface area contributed by atoms with E-state index < -0.39 is 0 Å². The highest BCUT2D eigenvalue weighted by Crippen LogP contribution is 2.25. The second-order valence-corrected chi connectivity index (χ2v) is 9.05. The molecule has 0 atom stereocenters. The molecule has 1 aliphatic rings. The number of hydrogen-bond acceptors (Lipinski definition) is 5. The normalized spacial score (nSPS) is 14.4. The van der Waals surface area contributed by atoms with Crippen molar-refractivity contribution in [3.8, 4) is 0 Å². The molecular weight excluding hydrogens is 450 g/mol. The molecule has 1 aliphatic heterocycles. The maximum Gasteiger partial charge on any atom is 0.222 e. The SMILES string of the molecule is CCC(=O)N1CC(N=CCC(=N)c2cc3c(ccc4nnc(C)n43)n2Cc2cccc(Cl)c2)C1. The molecule has 0 bridgehead atoms. The quantitative estimate of drug-likeness (QED) is 0.407. The Labute approximate surface area is 202 Å². The van der Waals surface area contributed by atoms with Crippen LogP contribution in [0.5, 0.6) is 0 Å². The number of nitrogens with zero attached hydrogens (tertiary/aromatic N) is 6. The first kappa shape index (κ1) is 22.3. The third kappa shape index (κ3) is 4.09. The molecule has 1 amide bonds. The van der Waals surface area contributed by atoms with Crippen LogP contribution in [0.15, 0.2) is 47.5 Å². The van der Waals surface area contributed by atoms with Gasteiger partial charge in [0.1, 0.15) is 5.82 Å². The first-order valence-corrected chi connectivity index (χ1v) is 11.8. The number of aromatic nitrogens is 4. The summed E-state index contributed by atoms with van der Waals surface area (Å²) in [5.74, 6) is 0.969. The number of pyridine rings is 1. The number of aryl methyl sites for hydroxylation is 1. The van der Waals surface area contributed by atoms with Crippen molar-refractivity contribution in [2.24, 2.45) is 4.99 Å². The van der Waals surface area contributed by atoms with E-state index in [-0.39, 0.29) is 11.9 Å². The molecular formula is C25H26ClN7O. The lowest BCUT2D eigenvalue weighted by molar-refractivity contribution is -0.135. The lowest BCUT2D eigenvalue weighted by Crippen LogP contribution is -2.52. The molecule has 0 aliphatic carbocycles. The number of benzene rings is 1. The molecule has 0 spiro atoms. The van der Waals surface area contributed by atoms with Gasteiger partial charge in [0, 0.05) is 43.7 Å². The second kappa shape index (κ2) is 9.02. The molecule has 34 heavy (non-hydrogen) atoms. The molecule has 0 radical (unpaired) electrons. The summed E-state index contributed by atoms with van der Waals surface area (Å²) in [6, 6.07) is 13.9. The van der Waals surface area contributed by atoms with Crippen LogP contribution in [0.1, 0.15) is 36.8 Å². The average Bonchev–Trinajstić information content (AvgIpc) is 3.35. The summed E-state index contributed by atoms with van der Waals surface area (Å²) < 4.78 is 4.16. The topological polar surface area (TPSA) is 91.6 Å². The smallest absolute Gasteiger partial charge is 0.222 e. The van der Waals surface area contributed by atoms with Gasteiger partial charge in [-0.3, -0.25) is 14.2 Å². The van der Waals surface area contributed by atoms with Gasteiger partial charge in [-0.15, -0.1) is 10.2 Å². The molecule has 8 nitrogen and oxygen atoms in total. The zero-order valence-corrected chi connectivity index (χ0v) is 20.0. The molecule has 174 valence electrons. The summed E-state index contributed by atoms with van der Waals surface area (Å²) in [6.45, 7) is 5.71. The Morgan fingerprint density at radius 2 is 2.03 bits per heavy atom. The van der Waals surface area contributed by atoms with Crippen molar-refractivity contribution in [2.45, 2.75) is 39.3 Å². The molecule has 0 saturated carbocycles. The van der Waals surface area contributed by atoms with Crippen LogP contribution < -0.4 is 0 Å². The third-order valence-electron chi connectivity index (χ3n) is 6.27. The number of halogens is 1. The van der Waals surface area contributed by atoms with E-state index in [1.165, 1.54) is 0 Å². The Morgan fingerprint density at radius 3 is 2.79 bits per heavy atom. The van der Waals surface area contributed by atoms with Crippen LogP contribution in [-0.2, 0) is 11.3 Å². The molecule has 1 N–H and O–H groups in total. The highest BCUT2D eigenvalue weighted by Gasteiger charge is 2.28. The highest BCUT2D eigenvalue weighted by molar-refractivity contribution is 6.30. The van der Waals surface area contributed by atoms with Crippen LogP contribution in [0.3, 0.4) is 0 Å². The van der Waals surface area contributed by atoms with Crippen molar-refractivity contribution in [3.05, 3.63) is 64.6 Å². The standard InChI is InChI=1S/C25H26ClN7O/c1-3-25(34)31-14-19(15-31)28-10-9-20(27)22-12-23-21(7-8-24-30-29-16(2)33(23)24)32(22)13-17-5-4-6-18(26)11-17/h4-8,10-12,19,27H,3,9,13-15H2,1-2H3. The minimum atomic E-state index is 0.125. The summed E-state index contributed by atoms with van der Waals surface area (Å²) in [7, 11) is 0. The van der Waals surface area contributed by atoms with Crippen molar-refractivity contribution in [3.63, 3.8) is 0 Å². The average molecular weight is 476 g/mol. The van der Waals surface area contributed by atoms with Crippen molar-refractivity contribution in [2.75, 3.05) is 13.1 Å². The van der Waals surface area contributed by atoms with Gasteiger partial charge >= 0.3 is 0 Å². The number of aliphatic imine (C=N–C) groups is 1. The summed E-state index contributed by atoms with van der Waals surface area (Å²) >= 11 is 6.23. The Hall–Kier alpha value is -3.52. The van der Waals surface area contributed by atoms with Crippen LogP contribution in [0.4, 0.5) is 0 Å². The van der Waals surface area contributed by atoms with Crippen molar-refractivity contribution < 1.29 is 4.79 Å². The van der Waals surface area contributed by atoms with Crippen molar-refractivity contribution in [1.82, 2.24) is 24.1 Å². The van der Waals surface area contributed by atoms with E-state index in [0.717, 1.165) is 33.8 Å². The van der Waals surface area contributed by atoms with Gasteiger partial charge in [-0.25, -0.2) is 0 Å². The molecule has 4 heterocycles. The van der Waals surface area contributed by atoms with Gasteiger partial charge in [0.05, 0.1) is 28.5 Å². The van der Waals surface area contributed by atoms with Crippen molar-refractivity contribution >= 4 is 46.1 Å². The number of likely N-dealkylation sites (tertiary alicyclic amines) is 1. The Bertz CT molecular complexity index is 1430.